The van der Waals surface area contributed by atoms with Gasteiger partial charge < -0.3 is 10.6 Å². The molecule has 0 heterocycles. The van der Waals surface area contributed by atoms with Gasteiger partial charge in [-0.1, -0.05) is 57.2 Å². The van der Waals surface area contributed by atoms with E-state index < -0.39 is 0 Å². The van der Waals surface area contributed by atoms with Gasteiger partial charge in [0.1, 0.15) is 0 Å². The van der Waals surface area contributed by atoms with Crippen molar-refractivity contribution >= 4 is 23.3 Å². The number of anilines is 1. The molecule has 2 N–H and O–H groups in total. The number of benzene rings is 2. The zero-order chi connectivity index (χ0) is 20.5. The molecule has 0 aromatic heterocycles. The first-order valence-electron chi connectivity index (χ1n) is 9.67. The van der Waals surface area contributed by atoms with Crippen LogP contribution < -0.4 is 10.6 Å². The van der Waals surface area contributed by atoms with Crippen LogP contribution >= 0.6 is 0 Å². The van der Waals surface area contributed by atoms with Gasteiger partial charge in [-0.25, -0.2) is 0 Å². The van der Waals surface area contributed by atoms with Crippen molar-refractivity contribution in [2.24, 2.45) is 5.92 Å². The molecule has 28 heavy (non-hydrogen) atoms. The largest absolute Gasteiger partial charge is 0.352 e. The highest BCUT2D eigenvalue weighted by Crippen LogP contribution is 2.12. The summed E-state index contributed by atoms with van der Waals surface area (Å²) in [6.45, 7) is 6.13. The zero-order valence-corrected chi connectivity index (χ0v) is 16.7. The van der Waals surface area contributed by atoms with Gasteiger partial charge in [0, 0.05) is 36.6 Å². The molecule has 0 spiro atoms. The van der Waals surface area contributed by atoms with Gasteiger partial charge >= 0.3 is 0 Å². The Balaban J connectivity index is 1.75. The van der Waals surface area contributed by atoms with Crippen molar-refractivity contribution in [3.05, 3.63) is 65.2 Å². The lowest BCUT2D eigenvalue weighted by atomic mass is 10.0. The van der Waals surface area contributed by atoms with Crippen molar-refractivity contribution in [2.45, 2.75) is 46.6 Å². The molecule has 0 aliphatic heterocycles. The summed E-state index contributed by atoms with van der Waals surface area (Å²) in [6.07, 6.45) is 1.29. The van der Waals surface area contributed by atoms with Gasteiger partial charge in [0.05, 0.1) is 0 Å². The van der Waals surface area contributed by atoms with E-state index in [2.05, 4.69) is 17.6 Å². The van der Waals surface area contributed by atoms with E-state index in [0.717, 1.165) is 17.7 Å². The molecule has 0 unspecified atom stereocenters. The van der Waals surface area contributed by atoms with E-state index in [1.807, 2.05) is 62.4 Å². The number of aryl methyl sites for hydroxylation is 1. The minimum Gasteiger partial charge on any atom is -0.352 e. The molecule has 0 saturated heterocycles. The molecule has 0 atom stereocenters. The van der Waals surface area contributed by atoms with Crippen LogP contribution in [0.25, 0.3) is 0 Å². The molecule has 0 aliphatic rings. The second-order valence-electron chi connectivity index (χ2n) is 7.09. The molecule has 2 aromatic rings. The van der Waals surface area contributed by atoms with E-state index >= 15 is 0 Å². The van der Waals surface area contributed by atoms with Gasteiger partial charge in [-0.2, -0.15) is 0 Å². The fraction of sp³-hybridized carbons (Fsp3) is 0.348. The standard InChI is InChI=1S/C23H28N2O3/c1-4-17-5-9-19(10-6-17)21(26)13-14-22(27)24-15-18-7-11-20(12-8-18)25-23(28)16(2)3/h5-12,16H,4,13-15H2,1-3H3,(H,24,27)(H,25,28). The summed E-state index contributed by atoms with van der Waals surface area (Å²) < 4.78 is 0. The molecule has 148 valence electrons. The lowest BCUT2D eigenvalue weighted by molar-refractivity contribution is -0.121. The summed E-state index contributed by atoms with van der Waals surface area (Å²) in [5, 5.41) is 5.65. The molecule has 5 heteroatoms. The third-order valence-electron chi connectivity index (χ3n) is 4.50. The van der Waals surface area contributed by atoms with Gasteiger partial charge in [-0.05, 0) is 29.7 Å². The van der Waals surface area contributed by atoms with E-state index in [9.17, 15) is 14.4 Å². The van der Waals surface area contributed by atoms with Crippen LogP contribution in [0.4, 0.5) is 5.69 Å². The molecule has 0 radical (unpaired) electrons. The molecule has 2 rings (SSSR count). The molecule has 0 saturated carbocycles. The lowest BCUT2D eigenvalue weighted by Gasteiger charge is -2.09. The van der Waals surface area contributed by atoms with Gasteiger partial charge in [-0.3, -0.25) is 14.4 Å². The topological polar surface area (TPSA) is 75.3 Å². The average Bonchev–Trinajstić information content (AvgIpc) is 2.71. The Bertz CT molecular complexity index is 809. The van der Waals surface area contributed by atoms with Crippen molar-refractivity contribution in [1.29, 1.82) is 0 Å². The van der Waals surface area contributed by atoms with Crippen molar-refractivity contribution in [3.8, 4) is 0 Å². The maximum Gasteiger partial charge on any atom is 0.226 e. The Morgan fingerprint density at radius 1 is 0.857 bits per heavy atom. The van der Waals surface area contributed by atoms with Crippen LogP contribution in [0.1, 0.15) is 55.1 Å². The molecule has 2 aromatic carbocycles. The van der Waals surface area contributed by atoms with Crippen LogP contribution in [-0.2, 0) is 22.6 Å². The Morgan fingerprint density at radius 3 is 2.04 bits per heavy atom. The number of carbonyl (C=O) groups is 3. The van der Waals surface area contributed by atoms with Crippen LogP contribution in [0, 0.1) is 5.92 Å². The van der Waals surface area contributed by atoms with Crippen LogP contribution in [0.2, 0.25) is 0 Å². The van der Waals surface area contributed by atoms with Crippen LogP contribution in [-0.4, -0.2) is 17.6 Å². The maximum atomic E-state index is 12.2. The predicted octanol–water partition coefficient (Wildman–Crippen LogP) is 4.12. The predicted molar refractivity (Wildman–Crippen MR) is 111 cm³/mol. The van der Waals surface area contributed by atoms with Gasteiger partial charge in [0.2, 0.25) is 11.8 Å². The van der Waals surface area contributed by atoms with Gasteiger partial charge in [0.25, 0.3) is 0 Å². The van der Waals surface area contributed by atoms with Crippen molar-refractivity contribution < 1.29 is 14.4 Å². The minimum absolute atomic E-state index is 0.0250. The molecule has 2 amide bonds. The number of rotatable bonds is 9. The number of hydrogen-bond donors (Lipinski definition) is 2. The quantitative estimate of drug-likeness (QED) is 0.643. The Morgan fingerprint density at radius 2 is 1.46 bits per heavy atom. The average molecular weight is 380 g/mol. The number of ketones is 1. The molecular weight excluding hydrogens is 352 g/mol. The van der Waals surface area contributed by atoms with E-state index in [-0.39, 0.29) is 36.4 Å². The highest BCUT2D eigenvalue weighted by atomic mass is 16.2. The Labute approximate surface area is 166 Å². The second kappa shape index (κ2) is 10.4. The monoisotopic (exact) mass is 380 g/mol. The second-order valence-corrected chi connectivity index (χ2v) is 7.09. The molecule has 0 fully saturated rings. The zero-order valence-electron chi connectivity index (χ0n) is 16.7. The van der Waals surface area contributed by atoms with Gasteiger partial charge in [-0.15, -0.1) is 0 Å². The SMILES string of the molecule is CCc1ccc(C(=O)CCC(=O)NCc2ccc(NC(=O)C(C)C)cc2)cc1. The number of carbonyl (C=O) groups excluding carboxylic acids is 3. The number of nitrogens with one attached hydrogen (secondary N) is 2. The van der Waals surface area contributed by atoms with E-state index in [1.54, 1.807) is 0 Å². The molecule has 0 aliphatic carbocycles. The van der Waals surface area contributed by atoms with Crippen molar-refractivity contribution in [2.75, 3.05) is 5.32 Å². The first-order chi connectivity index (χ1) is 13.4. The van der Waals surface area contributed by atoms with Gasteiger partial charge in [0.15, 0.2) is 5.78 Å². The van der Waals surface area contributed by atoms with Crippen LogP contribution in [0.3, 0.4) is 0 Å². The summed E-state index contributed by atoms with van der Waals surface area (Å²) in [5.41, 5.74) is 3.49. The first kappa shape index (κ1) is 21.4. The lowest BCUT2D eigenvalue weighted by Crippen LogP contribution is -2.23. The Kier molecular flexibility index (Phi) is 7.93. The fourth-order valence-corrected chi connectivity index (χ4v) is 2.58. The molecule has 5 nitrogen and oxygen atoms in total. The number of hydrogen-bond acceptors (Lipinski definition) is 3. The number of Topliss-reactive ketones (excluding diaryl/α,β-unsaturated/α-hetero) is 1. The molecular formula is C23H28N2O3. The minimum atomic E-state index is -0.157. The Hall–Kier alpha value is -2.95. The normalized spacial score (nSPS) is 10.6. The van der Waals surface area contributed by atoms with Crippen LogP contribution in [0.5, 0.6) is 0 Å². The van der Waals surface area contributed by atoms with Crippen molar-refractivity contribution in [3.63, 3.8) is 0 Å². The summed E-state index contributed by atoms with van der Waals surface area (Å²) in [4.78, 5) is 35.9. The fourth-order valence-electron chi connectivity index (χ4n) is 2.58. The first-order valence-corrected chi connectivity index (χ1v) is 9.67. The third-order valence-corrected chi connectivity index (χ3v) is 4.50. The summed E-state index contributed by atoms with van der Waals surface area (Å²) >= 11 is 0. The number of amides is 2. The smallest absolute Gasteiger partial charge is 0.226 e. The van der Waals surface area contributed by atoms with E-state index in [4.69, 9.17) is 0 Å². The maximum absolute atomic E-state index is 12.2. The summed E-state index contributed by atoms with van der Waals surface area (Å²) in [7, 11) is 0. The third kappa shape index (κ3) is 6.65. The highest BCUT2D eigenvalue weighted by molar-refractivity contribution is 5.98. The summed E-state index contributed by atoms with van der Waals surface area (Å²) in [6, 6.07) is 14.9. The highest BCUT2D eigenvalue weighted by Gasteiger charge is 2.10. The van der Waals surface area contributed by atoms with E-state index in [1.165, 1.54) is 5.56 Å². The van der Waals surface area contributed by atoms with Crippen molar-refractivity contribution in [1.82, 2.24) is 5.32 Å². The summed E-state index contributed by atoms with van der Waals surface area (Å²) in [5.74, 6) is -0.292. The van der Waals surface area contributed by atoms with E-state index in [0.29, 0.717) is 12.1 Å². The van der Waals surface area contributed by atoms with Crippen LogP contribution in [0.15, 0.2) is 48.5 Å². The molecule has 0 bridgehead atoms.